The lowest BCUT2D eigenvalue weighted by molar-refractivity contribution is -0.126. The molecule has 2 aliphatic rings. The molecule has 0 bridgehead atoms. The lowest BCUT2D eigenvalue weighted by Crippen LogP contribution is -2.39. The molecule has 0 N–H and O–H groups in total. The molecule has 22 heavy (non-hydrogen) atoms. The number of hydrogen-bond acceptors (Lipinski definition) is 4. The second-order valence-corrected chi connectivity index (χ2v) is 7.09. The first kappa shape index (κ1) is 13.8. The number of rotatable bonds is 2. The number of carbonyl (C=O) groups excluding carboxylic acids is 1. The highest BCUT2D eigenvalue weighted by atomic mass is 32.1. The van der Waals surface area contributed by atoms with Crippen LogP contribution in [0.15, 0.2) is 41.2 Å². The van der Waals surface area contributed by atoms with E-state index in [4.69, 9.17) is 0 Å². The van der Waals surface area contributed by atoms with Gasteiger partial charge in [-0.2, -0.15) is 11.3 Å². The van der Waals surface area contributed by atoms with Gasteiger partial charge in [0.2, 0.25) is 5.91 Å². The van der Waals surface area contributed by atoms with Gasteiger partial charge in [0.25, 0.3) is 0 Å². The molecule has 0 saturated carbocycles. The van der Waals surface area contributed by atoms with Crippen molar-refractivity contribution < 1.29 is 4.79 Å². The van der Waals surface area contributed by atoms with Crippen LogP contribution in [0.5, 0.6) is 0 Å². The van der Waals surface area contributed by atoms with E-state index >= 15 is 0 Å². The Balaban J connectivity index is 1.61. The Morgan fingerprint density at radius 3 is 3.00 bits per heavy atom. The normalized spacial score (nSPS) is 28.0. The van der Waals surface area contributed by atoms with Gasteiger partial charge in [0.05, 0.1) is 11.1 Å². The molecule has 4 rings (SSSR count). The molecule has 1 unspecified atom stereocenters. The Morgan fingerprint density at radius 2 is 2.27 bits per heavy atom. The lowest BCUT2D eigenvalue weighted by atomic mass is 9.78. The molecule has 2 saturated heterocycles. The number of thiophene rings is 1. The number of amides is 1. The van der Waals surface area contributed by atoms with Crippen LogP contribution in [0, 0.1) is 11.3 Å². The predicted octanol–water partition coefficient (Wildman–Crippen LogP) is 3.02. The topological polar surface area (TPSA) is 36.4 Å². The number of anilines is 2. The SMILES string of the molecule is C[C@@H]1CN(c2ccccn2)CC12CCN(c1ccsc1)C2=O. The molecular weight excluding hydrogens is 294 g/mol. The molecule has 0 aliphatic carbocycles. The van der Waals surface area contributed by atoms with Crippen molar-refractivity contribution in [1.29, 1.82) is 0 Å². The van der Waals surface area contributed by atoms with Crippen molar-refractivity contribution in [3.05, 3.63) is 41.2 Å². The van der Waals surface area contributed by atoms with Crippen molar-refractivity contribution in [2.75, 3.05) is 29.4 Å². The van der Waals surface area contributed by atoms with E-state index in [1.165, 1.54) is 0 Å². The Hall–Kier alpha value is -1.88. The first-order valence-corrected chi connectivity index (χ1v) is 8.65. The number of nitrogens with zero attached hydrogens (tertiary/aromatic N) is 3. The van der Waals surface area contributed by atoms with E-state index in [-0.39, 0.29) is 11.3 Å². The average molecular weight is 313 g/mol. The monoisotopic (exact) mass is 313 g/mol. The van der Waals surface area contributed by atoms with Crippen LogP contribution in [-0.4, -0.2) is 30.5 Å². The van der Waals surface area contributed by atoms with Crippen molar-refractivity contribution >= 4 is 28.7 Å². The minimum atomic E-state index is -0.251. The van der Waals surface area contributed by atoms with Crippen LogP contribution in [0.25, 0.3) is 0 Å². The first-order chi connectivity index (χ1) is 10.7. The third-order valence-electron chi connectivity index (χ3n) is 5.15. The highest BCUT2D eigenvalue weighted by Crippen LogP contribution is 2.46. The molecule has 2 fully saturated rings. The molecule has 2 aromatic heterocycles. The molecule has 4 heterocycles. The highest BCUT2D eigenvalue weighted by molar-refractivity contribution is 7.08. The highest BCUT2D eigenvalue weighted by Gasteiger charge is 2.55. The van der Waals surface area contributed by atoms with Crippen LogP contribution in [-0.2, 0) is 4.79 Å². The Labute approximate surface area is 134 Å². The minimum absolute atomic E-state index is 0.251. The summed E-state index contributed by atoms with van der Waals surface area (Å²) in [7, 11) is 0. The van der Waals surface area contributed by atoms with E-state index in [0.717, 1.165) is 37.6 Å². The standard InChI is InChI=1S/C17H19N3OS/c1-13-10-19(15-4-2-3-7-18-15)12-17(13)6-8-20(16(17)21)14-5-9-22-11-14/h2-5,7,9,11,13H,6,8,10,12H2,1H3/t13-,17?/m1/s1. The maximum Gasteiger partial charge on any atom is 0.235 e. The zero-order valence-electron chi connectivity index (χ0n) is 12.6. The van der Waals surface area contributed by atoms with Gasteiger partial charge in [-0.15, -0.1) is 0 Å². The number of hydrogen-bond donors (Lipinski definition) is 0. The summed E-state index contributed by atoms with van der Waals surface area (Å²) in [5, 5.41) is 4.10. The van der Waals surface area contributed by atoms with Crippen LogP contribution in [0.3, 0.4) is 0 Å². The van der Waals surface area contributed by atoms with Crippen molar-refractivity contribution in [2.45, 2.75) is 13.3 Å². The molecule has 0 aromatic carbocycles. The fourth-order valence-corrected chi connectivity index (χ4v) is 4.47. The van der Waals surface area contributed by atoms with E-state index in [9.17, 15) is 4.79 Å². The molecule has 0 radical (unpaired) electrons. The van der Waals surface area contributed by atoms with Crippen LogP contribution in [0.2, 0.25) is 0 Å². The maximum atomic E-state index is 13.1. The van der Waals surface area contributed by atoms with E-state index in [2.05, 4.69) is 22.2 Å². The van der Waals surface area contributed by atoms with Crippen LogP contribution in [0.1, 0.15) is 13.3 Å². The van der Waals surface area contributed by atoms with Crippen molar-refractivity contribution in [1.82, 2.24) is 4.98 Å². The molecule has 5 heteroatoms. The molecule has 1 amide bonds. The molecule has 4 nitrogen and oxygen atoms in total. The summed E-state index contributed by atoms with van der Waals surface area (Å²) < 4.78 is 0. The fraction of sp³-hybridized carbons (Fsp3) is 0.412. The van der Waals surface area contributed by atoms with Gasteiger partial charge < -0.3 is 9.80 Å². The summed E-state index contributed by atoms with van der Waals surface area (Å²) in [6.45, 7) is 4.72. The largest absolute Gasteiger partial charge is 0.355 e. The van der Waals surface area contributed by atoms with Crippen LogP contribution >= 0.6 is 11.3 Å². The summed E-state index contributed by atoms with van der Waals surface area (Å²) in [6, 6.07) is 8.00. The van der Waals surface area contributed by atoms with Gasteiger partial charge in [-0.3, -0.25) is 4.79 Å². The third kappa shape index (κ3) is 1.96. The van der Waals surface area contributed by atoms with E-state index in [0.29, 0.717) is 5.92 Å². The lowest BCUT2D eigenvalue weighted by Gasteiger charge is -2.26. The molecule has 2 atom stereocenters. The van der Waals surface area contributed by atoms with E-state index in [1.807, 2.05) is 40.7 Å². The summed E-state index contributed by atoms with van der Waals surface area (Å²) in [5.74, 6) is 1.62. The van der Waals surface area contributed by atoms with E-state index < -0.39 is 0 Å². The van der Waals surface area contributed by atoms with Crippen LogP contribution in [0.4, 0.5) is 11.5 Å². The number of aromatic nitrogens is 1. The van der Waals surface area contributed by atoms with Crippen molar-refractivity contribution in [3.8, 4) is 0 Å². The number of pyridine rings is 1. The van der Waals surface area contributed by atoms with Gasteiger partial charge >= 0.3 is 0 Å². The minimum Gasteiger partial charge on any atom is -0.355 e. The Morgan fingerprint density at radius 1 is 1.36 bits per heavy atom. The Bertz CT molecular complexity index is 672. The summed E-state index contributed by atoms with van der Waals surface area (Å²) in [6.07, 6.45) is 2.76. The first-order valence-electron chi connectivity index (χ1n) is 7.71. The molecule has 114 valence electrons. The molecule has 2 aromatic rings. The van der Waals surface area contributed by atoms with Crippen molar-refractivity contribution in [2.24, 2.45) is 11.3 Å². The van der Waals surface area contributed by atoms with Crippen LogP contribution < -0.4 is 9.80 Å². The van der Waals surface area contributed by atoms with Gasteiger partial charge in [-0.05, 0) is 35.9 Å². The van der Waals surface area contributed by atoms with Gasteiger partial charge in [0, 0.05) is 31.2 Å². The predicted molar refractivity (Wildman–Crippen MR) is 89.3 cm³/mol. The second-order valence-electron chi connectivity index (χ2n) is 6.31. The number of carbonyl (C=O) groups is 1. The zero-order valence-corrected chi connectivity index (χ0v) is 13.4. The second kappa shape index (κ2) is 5.09. The summed E-state index contributed by atoms with van der Waals surface area (Å²) in [5.41, 5.74) is 0.801. The van der Waals surface area contributed by atoms with Gasteiger partial charge in [-0.1, -0.05) is 13.0 Å². The smallest absolute Gasteiger partial charge is 0.235 e. The molecular formula is C17H19N3OS. The summed E-state index contributed by atoms with van der Waals surface area (Å²) >= 11 is 1.64. The molecule has 2 aliphatic heterocycles. The van der Waals surface area contributed by atoms with Gasteiger partial charge in [0.15, 0.2) is 0 Å². The third-order valence-corrected chi connectivity index (χ3v) is 5.83. The van der Waals surface area contributed by atoms with Gasteiger partial charge in [0.1, 0.15) is 5.82 Å². The van der Waals surface area contributed by atoms with Crippen molar-refractivity contribution in [3.63, 3.8) is 0 Å². The molecule has 1 spiro atoms. The average Bonchev–Trinajstić information content (AvgIpc) is 3.24. The fourth-order valence-electron chi connectivity index (χ4n) is 3.83. The summed E-state index contributed by atoms with van der Waals surface area (Å²) in [4.78, 5) is 21.8. The quantitative estimate of drug-likeness (QED) is 0.855. The van der Waals surface area contributed by atoms with Gasteiger partial charge in [-0.25, -0.2) is 4.98 Å². The maximum absolute atomic E-state index is 13.1. The zero-order chi connectivity index (χ0) is 15.2. The van der Waals surface area contributed by atoms with E-state index in [1.54, 1.807) is 11.3 Å². The Kier molecular flexibility index (Phi) is 3.18.